The molecule has 2 N–H and O–H groups in total. The van der Waals surface area contributed by atoms with Crippen LogP contribution in [0.25, 0.3) is 0 Å². The molecule has 2 amide bonds. The minimum atomic E-state index is -0.609. The summed E-state index contributed by atoms with van der Waals surface area (Å²) in [5.41, 5.74) is 3.39. The predicted molar refractivity (Wildman–Crippen MR) is 125 cm³/mol. The molecular formula is C23H30N4O5S. The number of ether oxygens (including phenoxy) is 3. The van der Waals surface area contributed by atoms with Gasteiger partial charge in [-0.3, -0.25) is 5.32 Å². The highest BCUT2D eigenvalue weighted by Gasteiger charge is 2.25. The third-order valence-electron chi connectivity index (χ3n) is 5.82. The number of likely N-dealkylation sites (tertiary alicyclic amines) is 1. The molecule has 0 atom stereocenters. The maximum Gasteiger partial charge on any atom is 0.346 e. The van der Waals surface area contributed by atoms with Crippen LogP contribution in [0.3, 0.4) is 0 Å². The van der Waals surface area contributed by atoms with Gasteiger partial charge in [-0.15, -0.1) is 0 Å². The molecule has 0 bridgehead atoms. The van der Waals surface area contributed by atoms with Crippen molar-refractivity contribution < 1.29 is 23.8 Å². The van der Waals surface area contributed by atoms with Gasteiger partial charge in [0.15, 0.2) is 5.56 Å². The number of esters is 1. The molecule has 1 aromatic carbocycles. The van der Waals surface area contributed by atoms with Crippen LogP contribution in [0.4, 0.5) is 9.80 Å². The minimum absolute atomic E-state index is 0.121. The fourth-order valence-electron chi connectivity index (χ4n) is 4.02. The van der Waals surface area contributed by atoms with Gasteiger partial charge in [0.2, 0.25) is 5.88 Å². The number of unbranched alkanes of at least 4 members (excludes halogenated alkanes) is 1. The average molecular weight is 475 g/mol. The van der Waals surface area contributed by atoms with E-state index in [1.807, 2.05) is 18.2 Å². The van der Waals surface area contributed by atoms with Gasteiger partial charge in [0.05, 0.1) is 20.3 Å². The number of aromatic nitrogens is 1. The quantitative estimate of drug-likeness (QED) is 0.401. The van der Waals surface area contributed by atoms with Crippen molar-refractivity contribution in [1.82, 2.24) is 14.6 Å². The predicted octanol–water partition coefficient (Wildman–Crippen LogP) is 3.54. The summed E-state index contributed by atoms with van der Waals surface area (Å²) in [6.07, 6.45) is 4.51. The van der Waals surface area contributed by atoms with Crippen molar-refractivity contribution in [2.24, 2.45) is 0 Å². The van der Waals surface area contributed by atoms with E-state index >= 15 is 0 Å². The van der Waals surface area contributed by atoms with Crippen LogP contribution in [0, 0.1) is 0 Å². The smallest absolute Gasteiger partial charge is 0.346 e. The number of methoxy groups -OCH3 is 1. The fourth-order valence-corrected chi connectivity index (χ4v) is 4.74. The Morgan fingerprint density at radius 1 is 1.18 bits per heavy atom. The Kier molecular flexibility index (Phi) is 8.14. The van der Waals surface area contributed by atoms with Gasteiger partial charge in [-0.1, -0.05) is 12.1 Å². The number of hydrogen-bond donors (Lipinski definition) is 2. The summed E-state index contributed by atoms with van der Waals surface area (Å²) in [5, 5.41) is 5.85. The van der Waals surface area contributed by atoms with Gasteiger partial charge >= 0.3 is 12.0 Å². The molecule has 2 aliphatic rings. The molecule has 0 unspecified atom stereocenters. The van der Waals surface area contributed by atoms with E-state index in [0.717, 1.165) is 42.0 Å². The van der Waals surface area contributed by atoms with Crippen LogP contribution in [0.1, 0.15) is 52.7 Å². The molecule has 1 aromatic heterocycles. The number of urea groups is 1. The zero-order valence-corrected chi connectivity index (χ0v) is 19.7. The van der Waals surface area contributed by atoms with Gasteiger partial charge in [-0.05, 0) is 79.6 Å². The second kappa shape index (κ2) is 11.4. The van der Waals surface area contributed by atoms with E-state index in [9.17, 15) is 9.59 Å². The van der Waals surface area contributed by atoms with E-state index in [4.69, 9.17) is 14.2 Å². The van der Waals surface area contributed by atoms with E-state index < -0.39 is 5.97 Å². The Balaban J connectivity index is 1.29. The molecular weight excluding hydrogens is 444 g/mol. The number of fused-ring (bicyclic) bond motifs is 1. The van der Waals surface area contributed by atoms with Crippen molar-refractivity contribution in [3.05, 3.63) is 40.5 Å². The SMILES string of the molecule is COC(=O)c1c(OCc2ccc3c(c2)COC3)nsc1NC(=O)NCCCCN1CCCC1. The summed E-state index contributed by atoms with van der Waals surface area (Å²) in [6.45, 7) is 5.46. The number of benzene rings is 1. The normalized spacial score (nSPS) is 15.3. The van der Waals surface area contributed by atoms with E-state index in [0.29, 0.717) is 24.8 Å². The first-order valence-corrected chi connectivity index (χ1v) is 12.1. The molecule has 0 aliphatic carbocycles. The van der Waals surface area contributed by atoms with E-state index in [1.165, 1.54) is 38.6 Å². The molecule has 0 radical (unpaired) electrons. The second-order valence-corrected chi connectivity index (χ2v) is 8.98. The Bertz CT molecular complexity index is 974. The van der Waals surface area contributed by atoms with Gasteiger partial charge in [0, 0.05) is 6.54 Å². The van der Waals surface area contributed by atoms with E-state index in [1.54, 1.807) is 0 Å². The molecule has 1 fully saturated rings. The summed E-state index contributed by atoms with van der Waals surface area (Å²) in [7, 11) is 1.29. The van der Waals surface area contributed by atoms with Crippen molar-refractivity contribution in [3.8, 4) is 5.88 Å². The molecule has 0 spiro atoms. The highest BCUT2D eigenvalue weighted by Crippen LogP contribution is 2.32. The van der Waals surface area contributed by atoms with Crippen molar-refractivity contribution >= 4 is 28.5 Å². The van der Waals surface area contributed by atoms with Gasteiger partial charge in [-0.25, -0.2) is 9.59 Å². The number of rotatable bonds is 10. The zero-order chi connectivity index (χ0) is 23.0. The second-order valence-electron chi connectivity index (χ2n) is 8.20. The number of carbonyl (C=O) groups excluding carboxylic acids is 2. The first-order valence-electron chi connectivity index (χ1n) is 11.3. The molecule has 10 heteroatoms. The Hall–Kier alpha value is -2.69. The molecule has 2 aromatic rings. The Morgan fingerprint density at radius 3 is 2.82 bits per heavy atom. The van der Waals surface area contributed by atoms with Crippen molar-refractivity contribution in [2.45, 2.75) is 45.5 Å². The summed E-state index contributed by atoms with van der Waals surface area (Å²) in [4.78, 5) is 27.1. The van der Waals surface area contributed by atoms with Crippen LogP contribution < -0.4 is 15.4 Å². The van der Waals surface area contributed by atoms with Crippen LogP contribution in [-0.4, -0.2) is 54.6 Å². The zero-order valence-electron chi connectivity index (χ0n) is 18.9. The van der Waals surface area contributed by atoms with Gasteiger partial charge in [-0.2, -0.15) is 4.37 Å². The Labute approximate surface area is 197 Å². The topological polar surface area (TPSA) is 102 Å². The molecule has 9 nitrogen and oxygen atoms in total. The maximum atomic E-state index is 12.4. The number of hydrogen-bond acceptors (Lipinski definition) is 8. The molecule has 33 heavy (non-hydrogen) atoms. The molecule has 2 aliphatic heterocycles. The van der Waals surface area contributed by atoms with E-state index in [-0.39, 0.29) is 24.1 Å². The summed E-state index contributed by atoms with van der Waals surface area (Å²) in [5.74, 6) is -0.466. The number of anilines is 1. The standard InChI is InChI=1S/C23H30N4O5S/c1-30-22(28)19-20(32-13-16-6-7-17-14-31-15-18(17)12-16)26-33-21(19)25-23(29)24-8-2-3-9-27-10-4-5-11-27/h6-7,12H,2-5,8-11,13-15H2,1H3,(H2,24,25,29). The molecule has 178 valence electrons. The lowest BCUT2D eigenvalue weighted by atomic mass is 10.1. The minimum Gasteiger partial charge on any atom is -0.472 e. The van der Waals surface area contributed by atoms with Crippen molar-refractivity contribution in [2.75, 3.05) is 38.6 Å². The highest BCUT2D eigenvalue weighted by atomic mass is 32.1. The monoisotopic (exact) mass is 474 g/mol. The number of amides is 2. The summed E-state index contributed by atoms with van der Waals surface area (Å²) >= 11 is 0.990. The number of nitrogens with zero attached hydrogens (tertiary/aromatic N) is 2. The summed E-state index contributed by atoms with van der Waals surface area (Å²) in [6, 6.07) is 5.64. The lowest BCUT2D eigenvalue weighted by molar-refractivity contribution is 0.0596. The lowest BCUT2D eigenvalue weighted by Crippen LogP contribution is -2.30. The third kappa shape index (κ3) is 6.21. The highest BCUT2D eigenvalue weighted by molar-refractivity contribution is 7.11. The van der Waals surface area contributed by atoms with Crippen LogP contribution in [-0.2, 0) is 29.3 Å². The van der Waals surface area contributed by atoms with Crippen LogP contribution in [0.2, 0.25) is 0 Å². The largest absolute Gasteiger partial charge is 0.472 e. The van der Waals surface area contributed by atoms with Gasteiger partial charge < -0.3 is 24.4 Å². The number of carbonyl (C=O) groups is 2. The Morgan fingerprint density at radius 2 is 2.00 bits per heavy atom. The van der Waals surface area contributed by atoms with Gasteiger partial charge in [0.25, 0.3) is 0 Å². The first kappa shape index (κ1) is 23.5. The van der Waals surface area contributed by atoms with E-state index in [2.05, 4.69) is 19.9 Å². The third-order valence-corrected chi connectivity index (χ3v) is 6.57. The fraction of sp³-hybridized carbons (Fsp3) is 0.522. The first-order chi connectivity index (χ1) is 16.1. The van der Waals surface area contributed by atoms with Gasteiger partial charge in [0.1, 0.15) is 11.6 Å². The lowest BCUT2D eigenvalue weighted by Gasteiger charge is -2.14. The molecule has 0 saturated carbocycles. The number of nitrogens with one attached hydrogen (secondary N) is 2. The van der Waals surface area contributed by atoms with Crippen LogP contribution in [0.15, 0.2) is 18.2 Å². The average Bonchev–Trinajstić information content (AvgIpc) is 3.58. The van der Waals surface area contributed by atoms with Crippen molar-refractivity contribution in [1.29, 1.82) is 0 Å². The van der Waals surface area contributed by atoms with Crippen molar-refractivity contribution in [3.63, 3.8) is 0 Å². The molecule has 3 heterocycles. The van der Waals surface area contributed by atoms with Crippen LogP contribution in [0.5, 0.6) is 5.88 Å². The molecule has 1 saturated heterocycles. The molecule has 4 rings (SSSR count). The van der Waals surface area contributed by atoms with Crippen LogP contribution >= 0.6 is 11.5 Å². The summed E-state index contributed by atoms with van der Waals surface area (Å²) < 4.78 is 20.4. The maximum absolute atomic E-state index is 12.4.